The van der Waals surface area contributed by atoms with E-state index in [0.29, 0.717) is 18.0 Å². The molecule has 1 aromatic carbocycles. The predicted molar refractivity (Wildman–Crippen MR) is 82.9 cm³/mol. The zero-order valence-electron chi connectivity index (χ0n) is 12.6. The first kappa shape index (κ1) is 15.3. The van der Waals surface area contributed by atoms with Gasteiger partial charge in [0.1, 0.15) is 5.76 Å². The fraction of sp³-hybridized carbons (Fsp3) is 0.375. The summed E-state index contributed by atoms with van der Waals surface area (Å²) in [5, 5.41) is 2.82. The van der Waals surface area contributed by atoms with Crippen LogP contribution in [0.25, 0.3) is 11.5 Å². The fourth-order valence-electron chi connectivity index (χ4n) is 2.00. The maximum atomic E-state index is 11.9. The largest absolute Gasteiger partial charge is 0.441 e. The van der Waals surface area contributed by atoms with E-state index in [1.807, 2.05) is 45.0 Å². The van der Waals surface area contributed by atoms with Crippen molar-refractivity contribution in [2.75, 3.05) is 5.32 Å². The average Bonchev–Trinajstić information content (AvgIpc) is 2.79. The molecule has 0 fully saturated rings. The molecular weight excluding hydrogens is 266 g/mol. The highest BCUT2D eigenvalue weighted by Gasteiger charge is 2.13. The van der Waals surface area contributed by atoms with Crippen LogP contribution in [-0.4, -0.2) is 16.9 Å². The number of aromatic nitrogens is 1. The predicted octanol–water partition coefficient (Wildman–Crippen LogP) is 3.02. The molecule has 1 unspecified atom stereocenters. The van der Waals surface area contributed by atoms with Gasteiger partial charge in [-0.2, -0.15) is 0 Å². The molecule has 3 N–H and O–H groups in total. The van der Waals surface area contributed by atoms with Crippen LogP contribution in [0.1, 0.15) is 31.2 Å². The molecule has 0 aliphatic rings. The Bertz CT molecular complexity index is 615. The number of hydrogen-bond donors (Lipinski definition) is 2. The van der Waals surface area contributed by atoms with Crippen LogP contribution in [0.5, 0.6) is 0 Å². The first-order valence-corrected chi connectivity index (χ1v) is 7.12. The Hall–Kier alpha value is -2.14. The maximum absolute atomic E-state index is 11.9. The molecule has 2 aromatic rings. The van der Waals surface area contributed by atoms with E-state index in [4.69, 9.17) is 10.2 Å². The van der Waals surface area contributed by atoms with Crippen molar-refractivity contribution in [3.8, 4) is 11.5 Å². The van der Waals surface area contributed by atoms with Crippen LogP contribution in [0.15, 0.2) is 28.7 Å². The molecule has 2 rings (SSSR count). The van der Waals surface area contributed by atoms with E-state index >= 15 is 0 Å². The second-order valence-electron chi connectivity index (χ2n) is 5.13. The van der Waals surface area contributed by atoms with Gasteiger partial charge in [0.2, 0.25) is 11.8 Å². The molecule has 21 heavy (non-hydrogen) atoms. The minimum Gasteiger partial charge on any atom is -0.441 e. The third-order valence-corrected chi connectivity index (χ3v) is 3.34. The molecular formula is C16H21N3O2. The maximum Gasteiger partial charge on any atom is 0.241 e. The molecule has 1 heterocycles. The molecule has 1 amide bonds. The van der Waals surface area contributed by atoms with Gasteiger partial charge in [0, 0.05) is 11.3 Å². The van der Waals surface area contributed by atoms with Gasteiger partial charge in [-0.15, -0.1) is 0 Å². The summed E-state index contributed by atoms with van der Waals surface area (Å²) >= 11 is 0. The Morgan fingerprint density at radius 3 is 2.81 bits per heavy atom. The van der Waals surface area contributed by atoms with Crippen molar-refractivity contribution in [1.82, 2.24) is 4.98 Å². The number of nitrogens with two attached hydrogens (primary N) is 1. The second-order valence-corrected chi connectivity index (χ2v) is 5.13. The normalized spacial score (nSPS) is 12.2. The SMILES string of the molecule is CCCC(N)C(=O)Nc1cccc(-c2nc(C)c(C)o2)c1. The number of aryl methyl sites for hydroxylation is 2. The number of hydrogen-bond acceptors (Lipinski definition) is 4. The standard InChI is InChI=1S/C16H21N3O2/c1-4-6-14(17)15(20)19-13-8-5-7-12(9-13)16-18-10(2)11(3)21-16/h5,7-9,14H,4,6,17H2,1-3H3,(H,19,20). The number of nitrogens with zero attached hydrogens (tertiary/aromatic N) is 1. The van der Waals surface area contributed by atoms with Gasteiger partial charge in [-0.05, 0) is 38.5 Å². The Balaban J connectivity index is 2.16. The molecule has 0 bridgehead atoms. The molecule has 0 saturated heterocycles. The number of nitrogens with one attached hydrogen (secondary N) is 1. The van der Waals surface area contributed by atoms with Crippen LogP contribution in [0, 0.1) is 13.8 Å². The third kappa shape index (κ3) is 3.70. The van der Waals surface area contributed by atoms with E-state index in [1.54, 1.807) is 0 Å². The summed E-state index contributed by atoms with van der Waals surface area (Å²) in [6.07, 6.45) is 1.55. The van der Waals surface area contributed by atoms with Crippen molar-refractivity contribution in [3.05, 3.63) is 35.7 Å². The highest BCUT2D eigenvalue weighted by Crippen LogP contribution is 2.24. The first-order valence-electron chi connectivity index (χ1n) is 7.12. The van der Waals surface area contributed by atoms with Crippen LogP contribution < -0.4 is 11.1 Å². The number of oxazole rings is 1. The summed E-state index contributed by atoms with van der Waals surface area (Å²) in [5.74, 6) is 1.18. The summed E-state index contributed by atoms with van der Waals surface area (Å²) in [6, 6.07) is 6.92. The number of benzene rings is 1. The van der Waals surface area contributed by atoms with E-state index in [1.165, 1.54) is 0 Å². The molecule has 112 valence electrons. The van der Waals surface area contributed by atoms with Gasteiger partial charge >= 0.3 is 0 Å². The lowest BCUT2D eigenvalue weighted by Gasteiger charge is -2.11. The molecule has 1 atom stereocenters. The monoisotopic (exact) mass is 287 g/mol. The van der Waals surface area contributed by atoms with Crippen molar-refractivity contribution in [2.24, 2.45) is 5.73 Å². The third-order valence-electron chi connectivity index (χ3n) is 3.34. The molecule has 0 saturated carbocycles. The smallest absolute Gasteiger partial charge is 0.241 e. The lowest BCUT2D eigenvalue weighted by Crippen LogP contribution is -2.35. The lowest BCUT2D eigenvalue weighted by molar-refractivity contribution is -0.117. The van der Waals surface area contributed by atoms with Gasteiger partial charge in [0.15, 0.2) is 0 Å². The van der Waals surface area contributed by atoms with E-state index in [0.717, 1.165) is 23.4 Å². The number of amides is 1. The van der Waals surface area contributed by atoms with E-state index in [-0.39, 0.29) is 5.91 Å². The summed E-state index contributed by atoms with van der Waals surface area (Å²) in [7, 11) is 0. The van der Waals surface area contributed by atoms with Crippen molar-refractivity contribution >= 4 is 11.6 Å². The highest BCUT2D eigenvalue weighted by atomic mass is 16.4. The quantitative estimate of drug-likeness (QED) is 0.885. The van der Waals surface area contributed by atoms with Gasteiger partial charge < -0.3 is 15.5 Å². The van der Waals surface area contributed by atoms with E-state index in [2.05, 4.69) is 10.3 Å². The number of carbonyl (C=O) groups is 1. The van der Waals surface area contributed by atoms with Crippen LogP contribution in [0.4, 0.5) is 5.69 Å². The summed E-state index contributed by atoms with van der Waals surface area (Å²) in [5.41, 5.74) is 8.19. The Labute approximate surface area is 124 Å². The molecule has 5 nitrogen and oxygen atoms in total. The first-order chi connectivity index (χ1) is 10.0. The summed E-state index contributed by atoms with van der Waals surface area (Å²) in [4.78, 5) is 16.3. The van der Waals surface area contributed by atoms with Gasteiger partial charge in [0.25, 0.3) is 0 Å². The highest BCUT2D eigenvalue weighted by molar-refractivity contribution is 5.95. The van der Waals surface area contributed by atoms with Crippen molar-refractivity contribution in [2.45, 2.75) is 39.7 Å². The minimum absolute atomic E-state index is 0.172. The summed E-state index contributed by atoms with van der Waals surface area (Å²) in [6.45, 7) is 5.78. The van der Waals surface area contributed by atoms with E-state index in [9.17, 15) is 4.79 Å². The van der Waals surface area contributed by atoms with Crippen LogP contribution in [0.3, 0.4) is 0 Å². The zero-order valence-corrected chi connectivity index (χ0v) is 12.6. The minimum atomic E-state index is -0.482. The second kappa shape index (κ2) is 6.54. The van der Waals surface area contributed by atoms with Gasteiger partial charge in [0.05, 0.1) is 11.7 Å². The fourth-order valence-corrected chi connectivity index (χ4v) is 2.00. The Morgan fingerprint density at radius 1 is 1.43 bits per heavy atom. The Kier molecular flexibility index (Phi) is 4.75. The van der Waals surface area contributed by atoms with Crippen LogP contribution >= 0.6 is 0 Å². The molecule has 0 radical (unpaired) electrons. The van der Waals surface area contributed by atoms with Crippen LogP contribution in [0.2, 0.25) is 0 Å². The zero-order chi connectivity index (χ0) is 15.4. The number of rotatable bonds is 5. The van der Waals surface area contributed by atoms with Gasteiger partial charge in [-0.25, -0.2) is 4.98 Å². The average molecular weight is 287 g/mol. The number of carbonyl (C=O) groups excluding carboxylic acids is 1. The van der Waals surface area contributed by atoms with Crippen molar-refractivity contribution < 1.29 is 9.21 Å². The van der Waals surface area contributed by atoms with E-state index < -0.39 is 6.04 Å². The van der Waals surface area contributed by atoms with Crippen LogP contribution in [-0.2, 0) is 4.79 Å². The van der Waals surface area contributed by atoms with Crippen molar-refractivity contribution in [1.29, 1.82) is 0 Å². The number of anilines is 1. The molecule has 1 aromatic heterocycles. The van der Waals surface area contributed by atoms with Crippen molar-refractivity contribution in [3.63, 3.8) is 0 Å². The molecule has 0 aliphatic heterocycles. The van der Waals surface area contributed by atoms with Gasteiger partial charge in [-0.3, -0.25) is 4.79 Å². The topological polar surface area (TPSA) is 81.2 Å². The Morgan fingerprint density at radius 2 is 2.19 bits per heavy atom. The lowest BCUT2D eigenvalue weighted by atomic mass is 10.1. The molecule has 0 aliphatic carbocycles. The molecule has 5 heteroatoms. The van der Waals surface area contributed by atoms with Gasteiger partial charge in [-0.1, -0.05) is 19.4 Å². The summed E-state index contributed by atoms with van der Waals surface area (Å²) < 4.78 is 5.60. The molecule has 0 spiro atoms.